The minimum absolute atomic E-state index is 0.266. The first-order valence-electron chi connectivity index (χ1n) is 6.90. The first-order valence-corrected chi connectivity index (χ1v) is 6.90. The van der Waals surface area contributed by atoms with Crippen molar-refractivity contribution in [2.75, 3.05) is 7.11 Å². The lowest BCUT2D eigenvalue weighted by Crippen LogP contribution is -2.26. The fourth-order valence-corrected chi connectivity index (χ4v) is 2.62. The lowest BCUT2D eigenvalue weighted by molar-refractivity contribution is 0.0695. The summed E-state index contributed by atoms with van der Waals surface area (Å²) in [5.41, 5.74) is 0.575. The zero-order valence-electron chi connectivity index (χ0n) is 12.6. The summed E-state index contributed by atoms with van der Waals surface area (Å²) in [4.78, 5) is 28.3. The van der Waals surface area contributed by atoms with Gasteiger partial charge in [0.25, 0.3) is 5.56 Å². The maximum absolute atomic E-state index is 12.5. The van der Waals surface area contributed by atoms with E-state index in [9.17, 15) is 14.7 Å². The number of hydrogen-bond acceptors (Lipinski definition) is 4. The van der Waals surface area contributed by atoms with Gasteiger partial charge in [0.1, 0.15) is 17.0 Å². The van der Waals surface area contributed by atoms with Gasteiger partial charge in [-0.05, 0) is 29.8 Å². The van der Waals surface area contributed by atoms with Crippen LogP contribution in [-0.2, 0) is 7.05 Å². The third-order valence-corrected chi connectivity index (χ3v) is 3.73. The predicted molar refractivity (Wildman–Crippen MR) is 85.9 cm³/mol. The first kappa shape index (κ1) is 14.8. The van der Waals surface area contributed by atoms with Crippen molar-refractivity contribution in [2.24, 2.45) is 7.05 Å². The SMILES string of the molecule is COc1ccc(-c2c(C(=O)O)c(=O)n(C)c3ncccc23)cc1. The lowest BCUT2D eigenvalue weighted by Gasteiger charge is -2.13. The molecule has 2 heterocycles. The highest BCUT2D eigenvalue weighted by Gasteiger charge is 2.22. The maximum Gasteiger partial charge on any atom is 0.342 e. The molecule has 2 aromatic heterocycles. The van der Waals surface area contributed by atoms with Gasteiger partial charge in [-0.1, -0.05) is 12.1 Å². The molecular formula is C17H14N2O4. The van der Waals surface area contributed by atoms with E-state index < -0.39 is 11.5 Å². The number of aromatic nitrogens is 2. The Bertz CT molecular complexity index is 959. The molecule has 6 nitrogen and oxygen atoms in total. The average molecular weight is 310 g/mol. The van der Waals surface area contributed by atoms with E-state index >= 15 is 0 Å². The van der Waals surface area contributed by atoms with Gasteiger partial charge in [0.05, 0.1) is 7.11 Å². The van der Waals surface area contributed by atoms with Gasteiger partial charge < -0.3 is 9.84 Å². The van der Waals surface area contributed by atoms with Crippen LogP contribution in [-0.4, -0.2) is 27.7 Å². The Morgan fingerprint density at radius 2 is 1.91 bits per heavy atom. The Labute approximate surface area is 131 Å². The van der Waals surface area contributed by atoms with Crippen molar-refractivity contribution in [1.29, 1.82) is 0 Å². The van der Waals surface area contributed by atoms with Gasteiger partial charge in [-0.15, -0.1) is 0 Å². The van der Waals surface area contributed by atoms with Crippen molar-refractivity contribution in [3.63, 3.8) is 0 Å². The molecule has 0 saturated carbocycles. The number of aromatic carboxylic acids is 1. The number of carboxylic acids is 1. The van der Waals surface area contributed by atoms with Crippen LogP contribution in [0.15, 0.2) is 47.4 Å². The number of ether oxygens (including phenoxy) is 1. The van der Waals surface area contributed by atoms with Crippen molar-refractivity contribution < 1.29 is 14.6 Å². The minimum atomic E-state index is -1.26. The number of carbonyl (C=O) groups is 1. The molecule has 0 spiro atoms. The summed E-state index contributed by atoms with van der Waals surface area (Å²) in [7, 11) is 3.07. The topological polar surface area (TPSA) is 81.4 Å². The molecule has 1 aromatic carbocycles. The smallest absolute Gasteiger partial charge is 0.342 e. The minimum Gasteiger partial charge on any atom is -0.497 e. The predicted octanol–water partition coefficient (Wildman–Crippen LogP) is 2.31. The second-order valence-corrected chi connectivity index (χ2v) is 5.02. The number of rotatable bonds is 3. The number of methoxy groups -OCH3 is 1. The second kappa shape index (κ2) is 5.57. The van der Waals surface area contributed by atoms with Crippen molar-refractivity contribution in [3.8, 4) is 16.9 Å². The first-order chi connectivity index (χ1) is 11.0. The molecule has 23 heavy (non-hydrogen) atoms. The van der Waals surface area contributed by atoms with E-state index in [1.54, 1.807) is 49.7 Å². The number of pyridine rings is 2. The van der Waals surface area contributed by atoms with E-state index in [0.29, 0.717) is 27.9 Å². The van der Waals surface area contributed by atoms with Crippen LogP contribution in [0.4, 0.5) is 0 Å². The normalized spacial score (nSPS) is 10.7. The lowest BCUT2D eigenvalue weighted by atomic mass is 9.97. The van der Waals surface area contributed by atoms with Crippen LogP contribution in [0.3, 0.4) is 0 Å². The van der Waals surface area contributed by atoms with Crippen molar-refractivity contribution in [1.82, 2.24) is 9.55 Å². The molecule has 0 aliphatic rings. The Morgan fingerprint density at radius 3 is 2.52 bits per heavy atom. The zero-order chi connectivity index (χ0) is 16.6. The second-order valence-electron chi connectivity index (χ2n) is 5.02. The number of benzene rings is 1. The van der Waals surface area contributed by atoms with Crippen LogP contribution >= 0.6 is 0 Å². The van der Waals surface area contributed by atoms with Gasteiger partial charge in [0, 0.05) is 24.2 Å². The monoisotopic (exact) mass is 310 g/mol. The summed E-state index contributed by atoms with van der Waals surface area (Å²) in [6.45, 7) is 0. The van der Waals surface area contributed by atoms with Crippen LogP contribution in [0.5, 0.6) is 5.75 Å². The fraction of sp³-hybridized carbons (Fsp3) is 0.118. The van der Waals surface area contributed by atoms with Crippen LogP contribution in [0, 0.1) is 0 Å². The summed E-state index contributed by atoms with van der Waals surface area (Å²) < 4.78 is 6.37. The summed E-state index contributed by atoms with van der Waals surface area (Å²) in [6.07, 6.45) is 1.57. The molecule has 0 atom stereocenters. The fourth-order valence-electron chi connectivity index (χ4n) is 2.62. The van der Waals surface area contributed by atoms with Crippen LogP contribution in [0.25, 0.3) is 22.2 Å². The molecule has 0 saturated heterocycles. The van der Waals surface area contributed by atoms with Crippen molar-refractivity contribution in [2.45, 2.75) is 0 Å². The number of carboxylic acid groups (broad SMARTS) is 1. The highest BCUT2D eigenvalue weighted by molar-refractivity contribution is 6.05. The summed E-state index contributed by atoms with van der Waals surface area (Å²) >= 11 is 0. The van der Waals surface area contributed by atoms with E-state index in [-0.39, 0.29) is 5.56 Å². The molecule has 6 heteroatoms. The molecule has 0 amide bonds. The third-order valence-electron chi connectivity index (χ3n) is 3.73. The van der Waals surface area contributed by atoms with Crippen LogP contribution in [0.2, 0.25) is 0 Å². The Kier molecular flexibility index (Phi) is 3.57. The van der Waals surface area contributed by atoms with E-state index in [1.165, 1.54) is 11.6 Å². The van der Waals surface area contributed by atoms with Gasteiger partial charge in [0.15, 0.2) is 0 Å². The molecule has 0 fully saturated rings. The quantitative estimate of drug-likeness (QED) is 0.803. The van der Waals surface area contributed by atoms with Gasteiger partial charge in [0.2, 0.25) is 0 Å². The van der Waals surface area contributed by atoms with Crippen LogP contribution in [0.1, 0.15) is 10.4 Å². The van der Waals surface area contributed by atoms with Gasteiger partial charge in [-0.3, -0.25) is 9.36 Å². The number of nitrogens with zero attached hydrogens (tertiary/aromatic N) is 2. The van der Waals surface area contributed by atoms with Crippen molar-refractivity contribution in [3.05, 3.63) is 58.5 Å². The van der Waals surface area contributed by atoms with Crippen molar-refractivity contribution >= 4 is 17.0 Å². The summed E-state index contributed by atoms with van der Waals surface area (Å²) in [5.74, 6) is -0.612. The molecule has 116 valence electrons. The summed E-state index contributed by atoms with van der Waals surface area (Å²) in [5, 5.41) is 10.1. The van der Waals surface area contributed by atoms with E-state index in [2.05, 4.69) is 4.98 Å². The van der Waals surface area contributed by atoms with E-state index in [0.717, 1.165) is 0 Å². The Hall–Kier alpha value is -3.15. The summed E-state index contributed by atoms with van der Waals surface area (Å²) in [6, 6.07) is 10.4. The Balaban J connectivity index is 2.46. The molecule has 0 radical (unpaired) electrons. The highest BCUT2D eigenvalue weighted by atomic mass is 16.5. The van der Waals surface area contributed by atoms with E-state index in [4.69, 9.17) is 4.74 Å². The molecule has 1 N–H and O–H groups in total. The molecule has 3 aromatic rings. The largest absolute Gasteiger partial charge is 0.497 e. The number of aryl methyl sites for hydroxylation is 1. The average Bonchev–Trinajstić information content (AvgIpc) is 2.57. The Morgan fingerprint density at radius 1 is 1.22 bits per heavy atom. The molecule has 0 unspecified atom stereocenters. The maximum atomic E-state index is 12.5. The molecule has 0 aliphatic heterocycles. The van der Waals surface area contributed by atoms with Gasteiger partial charge in [-0.25, -0.2) is 9.78 Å². The molecular weight excluding hydrogens is 296 g/mol. The molecule has 0 aliphatic carbocycles. The van der Waals surface area contributed by atoms with Gasteiger partial charge >= 0.3 is 5.97 Å². The zero-order valence-corrected chi connectivity index (χ0v) is 12.6. The number of hydrogen-bond donors (Lipinski definition) is 1. The highest BCUT2D eigenvalue weighted by Crippen LogP contribution is 2.30. The standard InChI is InChI=1S/C17H14N2O4/c1-19-15-12(4-3-9-18-15)13(14(16(19)20)17(21)22)10-5-7-11(23-2)8-6-10/h3-9H,1-2H3,(H,21,22). The number of fused-ring (bicyclic) bond motifs is 1. The third kappa shape index (κ3) is 2.34. The van der Waals surface area contributed by atoms with Crippen LogP contribution < -0.4 is 10.3 Å². The molecule has 3 rings (SSSR count). The van der Waals surface area contributed by atoms with E-state index in [1.807, 2.05) is 0 Å². The molecule has 0 bridgehead atoms. The van der Waals surface area contributed by atoms with Gasteiger partial charge in [-0.2, -0.15) is 0 Å².